The molecule has 28 heavy (non-hydrogen) atoms. The van der Waals surface area contributed by atoms with Crippen molar-refractivity contribution >= 4 is 11.5 Å². The van der Waals surface area contributed by atoms with Crippen molar-refractivity contribution in [2.45, 2.75) is 19.7 Å². The van der Waals surface area contributed by atoms with Gasteiger partial charge >= 0.3 is 6.18 Å². The maximum absolute atomic E-state index is 12.6. The highest BCUT2D eigenvalue weighted by molar-refractivity contribution is 6.00. The number of hydrogen-bond donors (Lipinski definition) is 2. The summed E-state index contributed by atoms with van der Waals surface area (Å²) in [5, 5.41) is 17.8. The molecular formula is C18H18F3N5O2. The number of rotatable bonds is 7. The maximum atomic E-state index is 12.6. The van der Waals surface area contributed by atoms with E-state index in [1.54, 1.807) is 31.2 Å². The van der Waals surface area contributed by atoms with Gasteiger partial charge < -0.3 is 15.4 Å². The number of halogens is 3. The van der Waals surface area contributed by atoms with E-state index in [0.29, 0.717) is 22.6 Å². The van der Waals surface area contributed by atoms with Crippen LogP contribution in [0.25, 0.3) is 0 Å². The van der Waals surface area contributed by atoms with Crippen LogP contribution in [0.2, 0.25) is 0 Å². The number of amidine groups is 1. The summed E-state index contributed by atoms with van der Waals surface area (Å²) in [5.41, 5.74) is 0.957. The summed E-state index contributed by atoms with van der Waals surface area (Å²) in [6, 6.07) is 11.6. The molecule has 0 amide bonds. The number of nitrogens with two attached hydrogens (primary N) is 1. The average Bonchev–Trinajstić information content (AvgIpc) is 2.66. The minimum atomic E-state index is -4.38. The molecule has 0 fully saturated rings. The Bertz CT molecular complexity index is 864. The fraction of sp³-hybridized carbons (Fsp3) is 0.222. The lowest BCUT2D eigenvalue weighted by molar-refractivity contribution is -0.137. The van der Waals surface area contributed by atoms with E-state index >= 15 is 0 Å². The van der Waals surface area contributed by atoms with Gasteiger partial charge in [0.25, 0.3) is 0 Å². The molecule has 0 radical (unpaired) electrons. The van der Waals surface area contributed by atoms with Crippen molar-refractivity contribution < 1.29 is 22.7 Å². The van der Waals surface area contributed by atoms with Gasteiger partial charge in [-0.2, -0.15) is 13.2 Å². The van der Waals surface area contributed by atoms with Gasteiger partial charge in [-0.3, -0.25) is 5.41 Å². The van der Waals surface area contributed by atoms with Crippen molar-refractivity contribution in [2.75, 3.05) is 6.61 Å². The largest absolute Gasteiger partial charge is 0.485 e. The second-order valence-electron chi connectivity index (χ2n) is 5.59. The summed E-state index contributed by atoms with van der Waals surface area (Å²) >= 11 is 0. The molecule has 2 aromatic carbocycles. The third-order valence-corrected chi connectivity index (χ3v) is 3.53. The van der Waals surface area contributed by atoms with Gasteiger partial charge in [-0.25, -0.2) is 0 Å². The van der Waals surface area contributed by atoms with E-state index in [2.05, 4.69) is 15.5 Å². The number of nitrogens with zero attached hydrogens (tertiary/aromatic N) is 3. The normalized spacial score (nSPS) is 12.2. The maximum Gasteiger partial charge on any atom is 0.416 e. The molecule has 0 aromatic heterocycles. The van der Waals surface area contributed by atoms with E-state index < -0.39 is 11.7 Å². The van der Waals surface area contributed by atoms with E-state index in [0.717, 1.165) is 12.1 Å². The smallest absolute Gasteiger partial charge is 0.416 e. The van der Waals surface area contributed by atoms with Crippen LogP contribution in [0.5, 0.6) is 5.75 Å². The highest BCUT2D eigenvalue weighted by Crippen LogP contribution is 2.29. The Morgan fingerprint density at radius 2 is 1.79 bits per heavy atom. The van der Waals surface area contributed by atoms with Crippen LogP contribution < -0.4 is 10.6 Å². The van der Waals surface area contributed by atoms with Crippen LogP contribution in [0.15, 0.2) is 64.0 Å². The molecule has 0 aliphatic carbocycles. The minimum absolute atomic E-state index is 0.0139. The lowest BCUT2D eigenvalue weighted by Crippen LogP contribution is -2.10. The SMILES string of the molecule is C/C(=N\OCc1ccc(C(F)(F)F)cc1)c1ccccc1OCC(=N)N=NN. The Kier molecular flexibility index (Phi) is 7.08. The van der Waals surface area contributed by atoms with Gasteiger partial charge in [-0.1, -0.05) is 34.6 Å². The molecule has 0 saturated carbocycles. The Hall–Kier alpha value is -3.43. The van der Waals surface area contributed by atoms with Crippen LogP contribution in [0, 0.1) is 5.41 Å². The van der Waals surface area contributed by atoms with Crippen LogP contribution in [0.4, 0.5) is 13.2 Å². The van der Waals surface area contributed by atoms with Gasteiger partial charge in [0.1, 0.15) is 19.0 Å². The third kappa shape index (κ3) is 6.08. The highest BCUT2D eigenvalue weighted by Gasteiger charge is 2.29. The summed E-state index contributed by atoms with van der Waals surface area (Å²) in [6.45, 7) is 1.58. The summed E-state index contributed by atoms with van der Waals surface area (Å²) in [5.74, 6) is 5.19. The van der Waals surface area contributed by atoms with Crippen LogP contribution in [-0.2, 0) is 17.6 Å². The zero-order chi connectivity index (χ0) is 20.6. The Morgan fingerprint density at radius 1 is 1.11 bits per heavy atom. The highest BCUT2D eigenvalue weighted by atomic mass is 19.4. The molecular weight excluding hydrogens is 375 g/mol. The van der Waals surface area contributed by atoms with Gasteiger partial charge in [-0.05, 0) is 36.8 Å². The van der Waals surface area contributed by atoms with Crippen LogP contribution in [-0.4, -0.2) is 18.2 Å². The van der Waals surface area contributed by atoms with Crippen molar-refractivity contribution in [1.29, 1.82) is 5.41 Å². The molecule has 2 aromatic rings. The lowest BCUT2D eigenvalue weighted by atomic mass is 10.1. The zero-order valence-electron chi connectivity index (χ0n) is 14.9. The molecule has 0 saturated heterocycles. The van der Waals surface area contributed by atoms with Gasteiger partial charge in [0.05, 0.1) is 11.3 Å². The molecule has 0 atom stereocenters. The van der Waals surface area contributed by atoms with E-state index in [9.17, 15) is 13.2 Å². The molecule has 0 aliphatic heterocycles. The molecule has 0 heterocycles. The summed E-state index contributed by atoms with van der Waals surface area (Å²) in [7, 11) is 0. The predicted molar refractivity (Wildman–Crippen MR) is 97.2 cm³/mol. The first-order chi connectivity index (χ1) is 13.3. The van der Waals surface area contributed by atoms with Gasteiger partial charge in [0, 0.05) is 5.56 Å². The van der Waals surface area contributed by atoms with E-state index in [1.807, 2.05) is 0 Å². The number of ether oxygens (including phenoxy) is 1. The minimum Gasteiger partial charge on any atom is -0.485 e. The van der Waals surface area contributed by atoms with E-state index in [4.69, 9.17) is 20.8 Å². The molecule has 148 valence electrons. The van der Waals surface area contributed by atoms with Crippen LogP contribution in [0.1, 0.15) is 23.6 Å². The predicted octanol–water partition coefficient (Wildman–Crippen LogP) is 4.33. The van der Waals surface area contributed by atoms with Gasteiger partial charge in [0.15, 0.2) is 5.84 Å². The Morgan fingerprint density at radius 3 is 2.43 bits per heavy atom. The van der Waals surface area contributed by atoms with Crippen LogP contribution >= 0.6 is 0 Å². The van der Waals surface area contributed by atoms with E-state index in [-0.39, 0.29) is 19.0 Å². The van der Waals surface area contributed by atoms with Crippen molar-refractivity contribution in [3.63, 3.8) is 0 Å². The first-order valence-corrected chi connectivity index (χ1v) is 8.04. The molecule has 10 heteroatoms. The first-order valence-electron chi connectivity index (χ1n) is 8.04. The fourth-order valence-corrected chi connectivity index (χ4v) is 2.18. The molecule has 0 unspecified atom stereocenters. The van der Waals surface area contributed by atoms with Gasteiger partial charge in [-0.15, -0.1) is 5.11 Å². The number of nitrogens with one attached hydrogen (secondary N) is 1. The van der Waals surface area contributed by atoms with Crippen molar-refractivity contribution in [3.05, 3.63) is 65.2 Å². The average molecular weight is 393 g/mol. The second-order valence-corrected chi connectivity index (χ2v) is 5.59. The monoisotopic (exact) mass is 393 g/mol. The second kappa shape index (κ2) is 9.49. The standard InChI is InChI=1S/C18H18F3N5O2/c1-12(15-4-2-3-5-16(15)27-11-17(22)24-26-23)25-28-10-13-6-8-14(9-7-13)18(19,20)21/h2-9H,10-11H2,1H3,(H3,22,23,24)/b25-12+. The van der Waals surface area contributed by atoms with Crippen molar-refractivity contribution in [1.82, 2.24) is 0 Å². The number of benzene rings is 2. The molecule has 0 spiro atoms. The van der Waals surface area contributed by atoms with Crippen LogP contribution in [0.3, 0.4) is 0 Å². The molecule has 0 aliphatic rings. The van der Waals surface area contributed by atoms with Gasteiger partial charge in [0.2, 0.25) is 0 Å². The summed E-state index contributed by atoms with van der Waals surface area (Å²) < 4.78 is 43.2. The fourth-order valence-electron chi connectivity index (χ4n) is 2.18. The Labute approximate surface area is 159 Å². The summed E-state index contributed by atoms with van der Waals surface area (Å²) in [6.07, 6.45) is -4.38. The topological polar surface area (TPSA) is 105 Å². The number of para-hydroxylation sites is 1. The number of oxime groups is 1. The summed E-state index contributed by atoms with van der Waals surface area (Å²) in [4.78, 5) is 5.24. The third-order valence-electron chi connectivity index (χ3n) is 3.53. The zero-order valence-corrected chi connectivity index (χ0v) is 14.9. The number of alkyl halides is 3. The van der Waals surface area contributed by atoms with Crippen molar-refractivity contribution in [3.8, 4) is 5.75 Å². The Balaban J connectivity index is 2.00. The first kappa shape index (κ1) is 20.9. The van der Waals surface area contributed by atoms with E-state index in [1.165, 1.54) is 12.1 Å². The van der Waals surface area contributed by atoms with Crippen molar-refractivity contribution in [2.24, 2.45) is 21.3 Å². The lowest BCUT2D eigenvalue weighted by Gasteiger charge is -2.10. The number of hydrogen-bond acceptors (Lipinski definition) is 5. The molecule has 3 N–H and O–H groups in total. The molecule has 7 nitrogen and oxygen atoms in total. The quantitative estimate of drug-likeness (QED) is 0.240. The molecule has 0 bridgehead atoms. The molecule has 2 rings (SSSR count).